The summed E-state index contributed by atoms with van der Waals surface area (Å²) in [5.74, 6) is -0.0498. The molecule has 1 aromatic carbocycles. The first kappa shape index (κ1) is 20.0. The SMILES string of the molecule is C[C@@H](C#N)OC(=O)CCc1cc(C(C)(C)C)c(O)c(C(C)(C)C)c1. The molecular weight excluding hydrogens is 302 g/mol. The van der Waals surface area contributed by atoms with E-state index in [2.05, 4.69) is 41.5 Å². The highest BCUT2D eigenvalue weighted by Crippen LogP contribution is 2.39. The number of rotatable bonds is 4. The summed E-state index contributed by atoms with van der Waals surface area (Å²) in [5, 5.41) is 19.4. The number of carbonyl (C=O) groups is 1. The number of nitriles is 1. The van der Waals surface area contributed by atoms with Gasteiger partial charge in [0, 0.05) is 6.42 Å². The molecule has 1 N–H and O–H groups in total. The number of esters is 1. The quantitative estimate of drug-likeness (QED) is 0.831. The van der Waals surface area contributed by atoms with Crippen molar-refractivity contribution in [2.75, 3.05) is 0 Å². The van der Waals surface area contributed by atoms with E-state index in [0.717, 1.165) is 16.7 Å². The fourth-order valence-electron chi connectivity index (χ4n) is 2.51. The molecule has 4 nitrogen and oxygen atoms in total. The lowest BCUT2D eigenvalue weighted by atomic mass is 9.78. The zero-order chi connectivity index (χ0) is 18.7. The fraction of sp³-hybridized carbons (Fsp3) is 0.600. The van der Waals surface area contributed by atoms with Gasteiger partial charge < -0.3 is 9.84 Å². The van der Waals surface area contributed by atoms with Crippen LogP contribution in [0.4, 0.5) is 0 Å². The molecule has 4 heteroatoms. The van der Waals surface area contributed by atoms with E-state index in [1.165, 1.54) is 0 Å². The number of carbonyl (C=O) groups excluding carboxylic acids is 1. The predicted octanol–water partition coefficient (Wildman–Crippen LogP) is 4.38. The Morgan fingerprint density at radius 1 is 1.17 bits per heavy atom. The van der Waals surface area contributed by atoms with Gasteiger partial charge in [-0.2, -0.15) is 5.26 Å². The van der Waals surface area contributed by atoms with E-state index < -0.39 is 6.10 Å². The summed E-state index contributed by atoms with van der Waals surface area (Å²) in [5.41, 5.74) is 2.35. The standard InChI is InChI=1S/C20H29NO3/c1-13(12-21)24-17(22)9-8-14-10-15(19(2,3)4)18(23)16(11-14)20(5,6)7/h10-11,13,23H,8-9H2,1-7H3/t13-/m0/s1. The highest BCUT2D eigenvalue weighted by atomic mass is 16.5. The lowest BCUT2D eigenvalue weighted by molar-refractivity contribution is -0.145. The van der Waals surface area contributed by atoms with Gasteiger partial charge in [0.15, 0.2) is 6.10 Å². The number of phenols is 1. The van der Waals surface area contributed by atoms with Gasteiger partial charge in [-0.25, -0.2) is 0 Å². The number of benzene rings is 1. The van der Waals surface area contributed by atoms with Gasteiger partial charge in [0.25, 0.3) is 0 Å². The molecule has 0 fully saturated rings. The second kappa shape index (κ2) is 7.25. The maximum Gasteiger partial charge on any atom is 0.307 e. The highest BCUT2D eigenvalue weighted by molar-refractivity contribution is 5.70. The Morgan fingerprint density at radius 2 is 1.62 bits per heavy atom. The number of aryl methyl sites for hydroxylation is 1. The van der Waals surface area contributed by atoms with Gasteiger partial charge in [-0.3, -0.25) is 4.79 Å². The molecule has 0 spiro atoms. The van der Waals surface area contributed by atoms with Crippen LogP contribution in [-0.4, -0.2) is 17.2 Å². The van der Waals surface area contributed by atoms with E-state index in [9.17, 15) is 9.90 Å². The normalized spacial score (nSPS) is 13.2. The third kappa shape index (κ3) is 5.26. The van der Waals surface area contributed by atoms with Crippen LogP contribution < -0.4 is 0 Å². The zero-order valence-electron chi connectivity index (χ0n) is 15.9. The summed E-state index contributed by atoms with van der Waals surface area (Å²) in [4.78, 5) is 11.8. The summed E-state index contributed by atoms with van der Waals surface area (Å²) in [6, 6.07) is 5.81. The molecule has 0 aromatic heterocycles. The Morgan fingerprint density at radius 3 is 2.00 bits per heavy atom. The lowest BCUT2D eigenvalue weighted by Gasteiger charge is -2.28. The molecule has 0 radical (unpaired) electrons. The van der Waals surface area contributed by atoms with E-state index in [1.54, 1.807) is 6.92 Å². The molecule has 0 saturated carbocycles. The number of phenolic OH excluding ortho intramolecular Hbond substituents is 1. The smallest absolute Gasteiger partial charge is 0.307 e. The van der Waals surface area contributed by atoms with Gasteiger partial charge in [-0.15, -0.1) is 0 Å². The molecule has 0 aliphatic carbocycles. The summed E-state index contributed by atoms with van der Waals surface area (Å²) in [7, 11) is 0. The molecule has 1 aromatic rings. The number of hydrogen-bond acceptors (Lipinski definition) is 4. The number of aromatic hydroxyl groups is 1. The predicted molar refractivity (Wildman–Crippen MR) is 95.0 cm³/mol. The van der Waals surface area contributed by atoms with Crippen LogP contribution in [0.5, 0.6) is 5.75 Å². The summed E-state index contributed by atoms with van der Waals surface area (Å²) >= 11 is 0. The van der Waals surface area contributed by atoms with E-state index >= 15 is 0 Å². The van der Waals surface area contributed by atoms with Gasteiger partial charge in [0.1, 0.15) is 11.8 Å². The van der Waals surface area contributed by atoms with Gasteiger partial charge >= 0.3 is 5.97 Å². The van der Waals surface area contributed by atoms with Crippen molar-refractivity contribution >= 4 is 5.97 Å². The molecule has 0 amide bonds. The second-order valence-electron chi connectivity index (χ2n) is 8.30. The van der Waals surface area contributed by atoms with Crippen LogP contribution in [0.2, 0.25) is 0 Å². The van der Waals surface area contributed by atoms with Crippen LogP contribution in [0.15, 0.2) is 12.1 Å². The molecule has 0 bridgehead atoms. The van der Waals surface area contributed by atoms with Crippen molar-refractivity contribution < 1.29 is 14.6 Å². The Balaban J connectivity index is 3.12. The van der Waals surface area contributed by atoms with E-state index in [0.29, 0.717) is 12.2 Å². The van der Waals surface area contributed by atoms with Crippen molar-refractivity contribution in [3.8, 4) is 11.8 Å². The molecule has 0 aliphatic rings. The van der Waals surface area contributed by atoms with Crippen molar-refractivity contribution in [2.45, 2.75) is 78.2 Å². The second-order valence-corrected chi connectivity index (χ2v) is 8.30. The zero-order valence-corrected chi connectivity index (χ0v) is 15.9. The summed E-state index contributed by atoms with van der Waals surface area (Å²) < 4.78 is 4.99. The number of ether oxygens (including phenoxy) is 1. The topological polar surface area (TPSA) is 70.3 Å². The maximum absolute atomic E-state index is 11.8. The molecule has 132 valence electrons. The average molecular weight is 331 g/mol. The molecule has 1 rings (SSSR count). The molecule has 0 aliphatic heterocycles. The maximum atomic E-state index is 11.8. The first-order chi connectivity index (χ1) is 10.9. The summed E-state index contributed by atoms with van der Waals surface area (Å²) in [6.07, 6.45) is 0.000463. The largest absolute Gasteiger partial charge is 0.507 e. The van der Waals surface area contributed by atoms with Crippen molar-refractivity contribution in [1.29, 1.82) is 5.26 Å². The Kier molecular flexibility index (Phi) is 6.05. The van der Waals surface area contributed by atoms with E-state index in [4.69, 9.17) is 10.00 Å². The Labute approximate surface area is 145 Å². The molecule has 0 unspecified atom stereocenters. The van der Waals surface area contributed by atoms with Gasteiger partial charge in [-0.1, -0.05) is 53.7 Å². The van der Waals surface area contributed by atoms with Crippen molar-refractivity contribution in [3.05, 3.63) is 28.8 Å². The number of nitrogens with zero attached hydrogens (tertiary/aromatic N) is 1. The fourth-order valence-corrected chi connectivity index (χ4v) is 2.51. The van der Waals surface area contributed by atoms with Crippen LogP contribution in [0.1, 0.15) is 71.6 Å². The average Bonchev–Trinajstić information content (AvgIpc) is 2.43. The molecule has 0 heterocycles. The van der Waals surface area contributed by atoms with Crippen molar-refractivity contribution in [3.63, 3.8) is 0 Å². The number of hydrogen-bond donors (Lipinski definition) is 1. The van der Waals surface area contributed by atoms with Gasteiger partial charge in [-0.05, 0) is 40.9 Å². The first-order valence-corrected chi connectivity index (χ1v) is 8.32. The van der Waals surface area contributed by atoms with Crippen molar-refractivity contribution in [1.82, 2.24) is 0 Å². The van der Waals surface area contributed by atoms with Crippen LogP contribution >= 0.6 is 0 Å². The van der Waals surface area contributed by atoms with E-state index in [-0.39, 0.29) is 23.2 Å². The third-order valence-corrected chi connectivity index (χ3v) is 3.89. The van der Waals surface area contributed by atoms with Gasteiger partial charge in [0.05, 0.1) is 0 Å². The Bertz CT molecular complexity index is 607. The van der Waals surface area contributed by atoms with Gasteiger partial charge in [0.2, 0.25) is 0 Å². The Hall–Kier alpha value is -2.02. The van der Waals surface area contributed by atoms with Crippen LogP contribution in [0.25, 0.3) is 0 Å². The molecule has 0 saturated heterocycles. The molecular formula is C20H29NO3. The van der Waals surface area contributed by atoms with Crippen LogP contribution in [0.3, 0.4) is 0 Å². The third-order valence-electron chi connectivity index (χ3n) is 3.89. The minimum atomic E-state index is -0.729. The first-order valence-electron chi connectivity index (χ1n) is 8.32. The minimum absolute atomic E-state index is 0.198. The molecule has 24 heavy (non-hydrogen) atoms. The monoisotopic (exact) mass is 331 g/mol. The van der Waals surface area contributed by atoms with Crippen LogP contribution in [0, 0.1) is 11.3 Å². The lowest BCUT2D eigenvalue weighted by Crippen LogP contribution is -2.18. The van der Waals surface area contributed by atoms with Crippen molar-refractivity contribution in [2.24, 2.45) is 0 Å². The highest BCUT2D eigenvalue weighted by Gasteiger charge is 2.26. The van der Waals surface area contributed by atoms with E-state index in [1.807, 2.05) is 18.2 Å². The minimum Gasteiger partial charge on any atom is -0.507 e. The molecule has 1 atom stereocenters. The summed E-state index contributed by atoms with van der Waals surface area (Å²) in [6.45, 7) is 13.9. The van der Waals surface area contributed by atoms with Crippen LogP contribution in [-0.2, 0) is 26.8 Å².